The molecule has 0 fully saturated rings. The lowest BCUT2D eigenvalue weighted by Gasteiger charge is -2.06. The highest BCUT2D eigenvalue weighted by molar-refractivity contribution is 6.08. The molecule has 0 bridgehead atoms. The van der Waals surface area contributed by atoms with Gasteiger partial charge in [0.15, 0.2) is 5.78 Å². The first-order valence-corrected chi connectivity index (χ1v) is 6.94. The highest BCUT2D eigenvalue weighted by Gasteiger charge is 2.10. The third kappa shape index (κ3) is 3.42. The molecule has 0 aliphatic rings. The van der Waals surface area contributed by atoms with Crippen molar-refractivity contribution in [3.05, 3.63) is 76.9 Å². The van der Waals surface area contributed by atoms with Crippen molar-refractivity contribution in [3.63, 3.8) is 0 Å². The van der Waals surface area contributed by atoms with Crippen LogP contribution in [-0.2, 0) is 6.61 Å². The van der Waals surface area contributed by atoms with Gasteiger partial charge in [-0.25, -0.2) is 9.02 Å². The molecular formula is C17H13FN2O3. The number of halogens is 1. The van der Waals surface area contributed by atoms with Gasteiger partial charge in [-0.2, -0.15) is 0 Å². The Bertz CT molecular complexity index is 811. The molecule has 6 heteroatoms. The fraction of sp³-hybridized carbons (Fsp3) is 0.118. The topological polar surface area (TPSA) is 65.2 Å². The SMILES string of the molecule is Cc1nonc1COc1ccc(C(=O)c2ccc(F)cc2)cc1. The quantitative estimate of drug-likeness (QED) is 0.676. The number of carbonyl (C=O) groups is 1. The molecule has 0 aliphatic heterocycles. The maximum Gasteiger partial charge on any atom is 0.193 e. The van der Waals surface area contributed by atoms with Gasteiger partial charge in [0.2, 0.25) is 0 Å². The zero-order valence-electron chi connectivity index (χ0n) is 12.3. The molecule has 0 saturated carbocycles. The number of ketones is 1. The van der Waals surface area contributed by atoms with Crippen LogP contribution in [0.3, 0.4) is 0 Å². The number of rotatable bonds is 5. The van der Waals surface area contributed by atoms with Gasteiger partial charge < -0.3 is 4.74 Å². The van der Waals surface area contributed by atoms with Gasteiger partial charge in [0.1, 0.15) is 29.6 Å². The molecule has 0 atom stereocenters. The van der Waals surface area contributed by atoms with E-state index in [2.05, 4.69) is 14.9 Å². The maximum absolute atomic E-state index is 12.9. The summed E-state index contributed by atoms with van der Waals surface area (Å²) in [6.45, 7) is 2.01. The number of ether oxygens (including phenoxy) is 1. The Kier molecular flexibility index (Phi) is 4.14. The monoisotopic (exact) mass is 312 g/mol. The van der Waals surface area contributed by atoms with E-state index >= 15 is 0 Å². The van der Waals surface area contributed by atoms with Gasteiger partial charge in [-0.1, -0.05) is 10.3 Å². The van der Waals surface area contributed by atoms with Crippen molar-refractivity contribution < 1.29 is 18.6 Å². The van der Waals surface area contributed by atoms with E-state index in [4.69, 9.17) is 4.74 Å². The molecule has 0 unspecified atom stereocenters. The molecule has 3 rings (SSSR count). The molecule has 23 heavy (non-hydrogen) atoms. The highest BCUT2D eigenvalue weighted by atomic mass is 19.1. The smallest absolute Gasteiger partial charge is 0.193 e. The molecule has 2 aromatic carbocycles. The van der Waals surface area contributed by atoms with E-state index in [9.17, 15) is 9.18 Å². The molecule has 1 heterocycles. The van der Waals surface area contributed by atoms with Crippen molar-refractivity contribution in [2.24, 2.45) is 0 Å². The predicted octanol–water partition coefficient (Wildman–Crippen LogP) is 3.33. The molecule has 0 saturated heterocycles. The second-order valence-corrected chi connectivity index (χ2v) is 4.95. The lowest BCUT2D eigenvalue weighted by Crippen LogP contribution is -2.02. The second-order valence-electron chi connectivity index (χ2n) is 4.95. The van der Waals surface area contributed by atoms with Crippen LogP contribution in [0.4, 0.5) is 4.39 Å². The third-order valence-corrected chi connectivity index (χ3v) is 3.34. The fourth-order valence-corrected chi connectivity index (χ4v) is 2.00. The van der Waals surface area contributed by atoms with Crippen molar-refractivity contribution in [1.82, 2.24) is 10.3 Å². The van der Waals surface area contributed by atoms with Crippen LogP contribution < -0.4 is 4.74 Å². The lowest BCUT2D eigenvalue weighted by atomic mass is 10.0. The summed E-state index contributed by atoms with van der Waals surface area (Å²) in [5.41, 5.74) is 2.23. The number of aryl methyl sites for hydroxylation is 1. The van der Waals surface area contributed by atoms with E-state index < -0.39 is 0 Å². The second kappa shape index (κ2) is 6.39. The number of benzene rings is 2. The van der Waals surface area contributed by atoms with Crippen LogP contribution in [0.15, 0.2) is 53.2 Å². The molecule has 116 valence electrons. The number of hydrogen-bond donors (Lipinski definition) is 0. The van der Waals surface area contributed by atoms with Crippen LogP contribution in [-0.4, -0.2) is 16.1 Å². The summed E-state index contributed by atoms with van der Waals surface area (Å²) < 4.78 is 23.0. The van der Waals surface area contributed by atoms with Crippen LogP contribution in [0.1, 0.15) is 27.3 Å². The average molecular weight is 312 g/mol. The van der Waals surface area contributed by atoms with E-state index in [1.165, 1.54) is 24.3 Å². The minimum Gasteiger partial charge on any atom is -0.487 e. The minimum atomic E-state index is -0.372. The summed E-state index contributed by atoms with van der Waals surface area (Å²) in [5, 5.41) is 7.40. The Balaban J connectivity index is 1.68. The Morgan fingerprint density at radius 1 is 1.04 bits per heavy atom. The first kappa shape index (κ1) is 14.9. The van der Waals surface area contributed by atoms with E-state index in [1.807, 2.05) is 0 Å². The molecule has 0 radical (unpaired) electrons. The van der Waals surface area contributed by atoms with Crippen molar-refractivity contribution in [1.29, 1.82) is 0 Å². The normalized spacial score (nSPS) is 10.5. The zero-order valence-corrected chi connectivity index (χ0v) is 12.3. The highest BCUT2D eigenvalue weighted by Crippen LogP contribution is 2.17. The number of aromatic nitrogens is 2. The van der Waals surface area contributed by atoms with E-state index in [0.717, 1.165) is 0 Å². The van der Waals surface area contributed by atoms with Crippen molar-refractivity contribution in [2.75, 3.05) is 0 Å². The summed E-state index contributed by atoms with van der Waals surface area (Å²) in [7, 11) is 0. The Morgan fingerprint density at radius 3 is 2.22 bits per heavy atom. The molecule has 1 aromatic heterocycles. The average Bonchev–Trinajstić information content (AvgIpc) is 2.99. The van der Waals surface area contributed by atoms with Crippen molar-refractivity contribution >= 4 is 5.78 Å². The van der Waals surface area contributed by atoms with Crippen LogP contribution in [0.2, 0.25) is 0 Å². The predicted molar refractivity (Wildman–Crippen MR) is 79.6 cm³/mol. The minimum absolute atomic E-state index is 0.173. The first-order chi connectivity index (χ1) is 11.1. The summed E-state index contributed by atoms with van der Waals surface area (Å²) in [6.07, 6.45) is 0. The van der Waals surface area contributed by atoms with Gasteiger partial charge >= 0.3 is 0 Å². The number of carbonyl (C=O) groups excluding carboxylic acids is 1. The van der Waals surface area contributed by atoms with Gasteiger partial charge in [0, 0.05) is 11.1 Å². The van der Waals surface area contributed by atoms with Crippen LogP contribution in [0.5, 0.6) is 5.75 Å². The van der Waals surface area contributed by atoms with Crippen LogP contribution in [0, 0.1) is 12.7 Å². The molecule has 0 amide bonds. The van der Waals surface area contributed by atoms with Crippen molar-refractivity contribution in [3.8, 4) is 5.75 Å². The Morgan fingerprint density at radius 2 is 1.65 bits per heavy atom. The van der Waals surface area contributed by atoms with Gasteiger partial charge in [0.25, 0.3) is 0 Å². The number of hydrogen-bond acceptors (Lipinski definition) is 5. The van der Waals surface area contributed by atoms with Gasteiger partial charge in [-0.15, -0.1) is 0 Å². The largest absolute Gasteiger partial charge is 0.487 e. The fourth-order valence-electron chi connectivity index (χ4n) is 2.00. The summed E-state index contributed by atoms with van der Waals surface area (Å²) in [4.78, 5) is 12.3. The lowest BCUT2D eigenvalue weighted by molar-refractivity contribution is 0.103. The standard InChI is InChI=1S/C17H13FN2O3/c1-11-16(20-23-19-11)10-22-15-8-4-13(5-9-15)17(21)12-2-6-14(18)7-3-12/h2-9H,10H2,1H3. The van der Waals surface area contributed by atoms with Gasteiger partial charge in [0.05, 0.1) is 0 Å². The van der Waals surface area contributed by atoms with Gasteiger partial charge in [-0.05, 0) is 55.5 Å². The summed E-state index contributed by atoms with van der Waals surface area (Å²) in [5.74, 6) is 0.0547. The van der Waals surface area contributed by atoms with Crippen LogP contribution >= 0.6 is 0 Å². The van der Waals surface area contributed by atoms with Crippen LogP contribution in [0.25, 0.3) is 0 Å². The summed E-state index contributed by atoms with van der Waals surface area (Å²) in [6, 6.07) is 12.2. The molecule has 3 aromatic rings. The molecule has 0 spiro atoms. The molecule has 5 nitrogen and oxygen atoms in total. The van der Waals surface area contributed by atoms with Crippen molar-refractivity contribution in [2.45, 2.75) is 13.5 Å². The number of nitrogens with zero attached hydrogens (tertiary/aromatic N) is 2. The first-order valence-electron chi connectivity index (χ1n) is 6.94. The molecule has 0 N–H and O–H groups in total. The van der Waals surface area contributed by atoms with E-state index in [0.29, 0.717) is 28.3 Å². The Hall–Kier alpha value is -3.02. The van der Waals surface area contributed by atoms with E-state index in [1.54, 1.807) is 31.2 Å². The van der Waals surface area contributed by atoms with E-state index in [-0.39, 0.29) is 18.2 Å². The summed E-state index contributed by atoms with van der Waals surface area (Å²) >= 11 is 0. The maximum atomic E-state index is 12.9. The zero-order chi connectivity index (χ0) is 16.2. The molecule has 0 aliphatic carbocycles. The molecular weight excluding hydrogens is 299 g/mol. The Labute approximate surface area is 131 Å². The third-order valence-electron chi connectivity index (χ3n) is 3.34. The van der Waals surface area contributed by atoms with Gasteiger partial charge in [-0.3, -0.25) is 4.79 Å².